The number of furan rings is 1. The Labute approximate surface area is 125 Å². The molecule has 0 saturated heterocycles. The highest BCUT2D eigenvalue weighted by atomic mass is 79.9. The van der Waals surface area contributed by atoms with Crippen molar-refractivity contribution in [3.63, 3.8) is 0 Å². The summed E-state index contributed by atoms with van der Waals surface area (Å²) in [6.45, 7) is -0.562. The van der Waals surface area contributed by atoms with Gasteiger partial charge in [0.1, 0.15) is 28.8 Å². The highest BCUT2D eigenvalue weighted by Gasteiger charge is 2.25. The summed E-state index contributed by atoms with van der Waals surface area (Å²) in [6.07, 6.45) is 0. The lowest BCUT2D eigenvalue weighted by Gasteiger charge is -2.08. The smallest absolute Gasteiger partial charge is 0.266 e. The van der Waals surface area contributed by atoms with Gasteiger partial charge in [-0.25, -0.2) is 21.6 Å². The summed E-state index contributed by atoms with van der Waals surface area (Å²) < 4.78 is 70.0. The van der Waals surface area contributed by atoms with Crippen LogP contribution < -0.4 is 4.72 Å². The number of aliphatic hydroxyl groups is 1. The van der Waals surface area contributed by atoms with E-state index in [9.17, 15) is 21.6 Å². The van der Waals surface area contributed by atoms with E-state index in [1.807, 2.05) is 0 Å². The van der Waals surface area contributed by atoms with E-state index in [1.165, 1.54) is 0 Å². The Kier molecular flexibility index (Phi) is 4.30. The van der Waals surface area contributed by atoms with Crippen molar-refractivity contribution in [1.29, 1.82) is 0 Å². The fourth-order valence-corrected chi connectivity index (χ4v) is 3.56. The van der Waals surface area contributed by atoms with Gasteiger partial charge in [-0.15, -0.1) is 0 Å². The molecule has 0 radical (unpaired) electrons. The number of hydrogen-bond donors (Lipinski definition) is 2. The quantitative estimate of drug-likeness (QED) is 0.847. The zero-order valence-electron chi connectivity index (χ0n) is 10.0. The summed E-state index contributed by atoms with van der Waals surface area (Å²) in [5.41, 5.74) is -1.02. The summed E-state index contributed by atoms with van der Waals surface area (Å²) in [6, 6.07) is 1.65. The predicted octanol–water partition coefficient (Wildman–Crippen LogP) is 2.75. The van der Waals surface area contributed by atoms with E-state index in [0.717, 1.165) is 6.07 Å². The molecule has 0 saturated carbocycles. The van der Waals surface area contributed by atoms with Crippen LogP contribution in [0.4, 0.5) is 18.9 Å². The molecule has 0 aliphatic carbocycles. The molecule has 0 atom stereocenters. The Morgan fingerprint density at radius 3 is 2.24 bits per heavy atom. The van der Waals surface area contributed by atoms with Gasteiger partial charge in [0.15, 0.2) is 16.3 Å². The van der Waals surface area contributed by atoms with Gasteiger partial charge in [0.05, 0.1) is 0 Å². The lowest BCUT2D eigenvalue weighted by Crippen LogP contribution is -2.15. The largest absolute Gasteiger partial charge is 0.450 e. The topological polar surface area (TPSA) is 79.5 Å². The van der Waals surface area contributed by atoms with Crippen molar-refractivity contribution in [2.75, 3.05) is 4.72 Å². The molecule has 5 nitrogen and oxygen atoms in total. The molecule has 0 amide bonds. The van der Waals surface area contributed by atoms with Crippen LogP contribution >= 0.6 is 15.9 Å². The van der Waals surface area contributed by atoms with Crippen LogP contribution in [-0.2, 0) is 16.6 Å². The molecule has 0 unspecified atom stereocenters. The van der Waals surface area contributed by atoms with E-state index in [1.54, 1.807) is 4.72 Å². The second-order valence-electron chi connectivity index (χ2n) is 3.86. The average molecular weight is 386 g/mol. The van der Waals surface area contributed by atoms with Gasteiger partial charge in [0.25, 0.3) is 10.0 Å². The molecule has 21 heavy (non-hydrogen) atoms. The molecule has 0 bridgehead atoms. The molecule has 2 rings (SSSR count). The average Bonchev–Trinajstić information content (AvgIpc) is 2.76. The highest BCUT2D eigenvalue weighted by Crippen LogP contribution is 2.29. The standard InChI is InChI=1S/C11H7BrF3NO4S/c12-11-9(3-6(4-17)20-11)21(18,19)16-10-7(14)1-5(13)2-8(10)15/h1-3,16-17H,4H2. The molecule has 1 heterocycles. The third-order valence-electron chi connectivity index (χ3n) is 2.40. The summed E-state index contributed by atoms with van der Waals surface area (Å²) in [5, 5.41) is 8.86. The first-order chi connectivity index (χ1) is 9.74. The summed E-state index contributed by atoms with van der Waals surface area (Å²) in [5.74, 6) is -4.06. The number of benzene rings is 1. The van der Waals surface area contributed by atoms with E-state index < -0.39 is 44.7 Å². The molecule has 10 heteroatoms. The summed E-state index contributed by atoms with van der Waals surface area (Å²) in [4.78, 5) is -0.463. The monoisotopic (exact) mass is 385 g/mol. The van der Waals surface area contributed by atoms with Crippen molar-refractivity contribution in [3.05, 3.63) is 46.1 Å². The fourth-order valence-electron chi connectivity index (χ4n) is 1.49. The van der Waals surface area contributed by atoms with Gasteiger partial charge in [-0.2, -0.15) is 0 Å². The van der Waals surface area contributed by atoms with Gasteiger partial charge in [-0.05, 0) is 15.9 Å². The molecular weight excluding hydrogens is 379 g/mol. The number of aliphatic hydroxyl groups excluding tert-OH is 1. The molecule has 114 valence electrons. The predicted molar refractivity (Wildman–Crippen MR) is 69.5 cm³/mol. The maximum Gasteiger partial charge on any atom is 0.266 e. The Balaban J connectivity index is 2.44. The maximum absolute atomic E-state index is 13.4. The zero-order chi connectivity index (χ0) is 15.8. The summed E-state index contributed by atoms with van der Waals surface area (Å²) >= 11 is 2.81. The van der Waals surface area contributed by atoms with E-state index in [0.29, 0.717) is 12.1 Å². The maximum atomic E-state index is 13.4. The lowest BCUT2D eigenvalue weighted by atomic mass is 10.3. The normalized spacial score (nSPS) is 11.7. The van der Waals surface area contributed by atoms with Crippen LogP contribution in [0.5, 0.6) is 0 Å². The van der Waals surface area contributed by atoms with Gasteiger partial charge in [-0.3, -0.25) is 4.72 Å². The Bertz CT molecular complexity index is 768. The van der Waals surface area contributed by atoms with E-state index in [2.05, 4.69) is 15.9 Å². The van der Waals surface area contributed by atoms with Crippen molar-refractivity contribution < 1.29 is 31.1 Å². The number of sulfonamides is 1. The second kappa shape index (κ2) is 5.70. The van der Waals surface area contributed by atoms with Gasteiger partial charge in [0.2, 0.25) is 0 Å². The third-order valence-corrected chi connectivity index (χ3v) is 4.60. The fraction of sp³-hybridized carbons (Fsp3) is 0.0909. The number of hydrogen-bond acceptors (Lipinski definition) is 4. The van der Waals surface area contributed by atoms with E-state index in [4.69, 9.17) is 9.52 Å². The minimum Gasteiger partial charge on any atom is -0.450 e. The number of nitrogens with one attached hydrogen (secondary N) is 1. The van der Waals surface area contributed by atoms with Crippen LogP contribution in [-0.4, -0.2) is 13.5 Å². The van der Waals surface area contributed by atoms with Gasteiger partial charge in [-0.1, -0.05) is 0 Å². The number of halogens is 4. The first kappa shape index (κ1) is 15.9. The van der Waals surface area contributed by atoms with Crippen molar-refractivity contribution in [2.45, 2.75) is 11.5 Å². The van der Waals surface area contributed by atoms with Gasteiger partial charge >= 0.3 is 0 Å². The van der Waals surface area contributed by atoms with Crippen molar-refractivity contribution in [2.24, 2.45) is 0 Å². The van der Waals surface area contributed by atoms with Crippen molar-refractivity contribution in [1.82, 2.24) is 0 Å². The summed E-state index contributed by atoms with van der Waals surface area (Å²) in [7, 11) is -4.40. The third kappa shape index (κ3) is 3.22. The number of rotatable bonds is 4. The SMILES string of the molecule is O=S(=O)(Nc1c(F)cc(F)cc1F)c1cc(CO)oc1Br. The van der Waals surface area contributed by atoms with E-state index >= 15 is 0 Å². The minimum absolute atomic E-state index is 0.0673. The first-order valence-electron chi connectivity index (χ1n) is 5.31. The molecule has 0 spiro atoms. The van der Waals surface area contributed by atoms with Crippen LogP contribution in [0, 0.1) is 17.5 Å². The molecule has 0 fully saturated rings. The lowest BCUT2D eigenvalue weighted by molar-refractivity contribution is 0.245. The molecule has 1 aromatic carbocycles. The van der Waals surface area contributed by atoms with Crippen LogP contribution in [0.2, 0.25) is 0 Å². The first-order valence-corrected chi connectivity index (χ1v) is 7.58. The molecule has 0 aliphatic heterocycles. The molecule has 2 aromatic rings. The van der Waals surface area contributed by atoms with Crippen molar-refractivity contribution >= 4 is 31.6 Å². The van der Waals surface area contributed by atoms with Crippen LogP contribution in [0.3, 0.4) is 0 Å². The van der Waals surface area contributed by atoms with Crippen LogP contribution in [0.1, 0.15) is 5.76 Å². The molecule has 1 aromatic heterocycles. The van der Waals surface area contributed by atoms with Crippen LogP contribution in [0.15, 0.2) is 32.2 Å². The number of anilines is 1. The second-order valence-corrected chi connectivity index (χ2v) is 6.23. The Morgan fingerprint density at radius 2 is 1.76 bits per heavy atom. The zero-order valence-corrected chi connectivity index (χ0v) is 12.4. The van der Waals surface area contributed by atoms with E-state index in [-0.39, 0.29) is 10.4 Å². The van der Waals surface area contributed by atoms with Gasteiger partial charge in [0, 0.05) is 18.2 Å². The van der Waals surface area contributed by atoms with Crippen LogP contribution in [0.25, 0.3) is 0 Å². The molecule has 2 N–H and O–H groups in total. The van der Waals surface area contributed by atoms with Gasteiger partial charge < -0.3 is 9.52 Å². The Morgan fingerprint density at radius 1 is 1.19 bits per heavy atom. The highest BCUT2D eigenvalue weighted by molar-refractivity contribution is 9.10. The Hall–Kier alpha value is -1.52. The molecular formula is C11H7BrF3NO4S. The molecule has 0 aliphatic rings. The van der Waals surface area contributed by atoms with Crippen molar-refractivity contribution in [3.8, 4) is 0 Å². The minimum atomic E-state index is -4.40.